The average Bonchev–Trinajstić information content (AvgIpc) is 3.00. The molecule has 0 atom stereocenters. The number of rotatable bonds is 5. The molecule has 0 saturated heterocycles. The van der Waals surface area contributed by atoms with Crippen LogP contribution >= 0.6 is 34.8 Å². The number of carbonyl (C=O) groups excluding carboxylic acids is 3. The van der Waals surface area contributed by atoms with Gasteiger partial charge in [-0.3, -0.25) is 9.59 Å². The van der Waals surface area contributed by atoms with E-state index in [-0.39, 0.29) is 21.4 Å². The van der Waals surface area contributed by atoms with Crippen molar-refractivity contribution in [2.45, 2.75) is 13.8 Å². The number of esters is 1. The molecule has 0 saturated carbocycles. The summed E-state index contributed by atoms with van der Waals surface area (Å²) in [5.74, 6) is -1.42. The second-order valence-electron chi connectivity index (χ2n) is 7.59. The summed E-state index contributed by atoms with van der Waals surface area (Å²) in [6, 6.07) is 16.2. The van der Waals surface area contributed by atoms with E-state index in [0.717, 1.165) is 16.0 Å². The molecule has 1 aliphatic rings. The number of imide groups is 1. The van der Waals surface area contributed by atoms with Crippen molar-refractivity contribution in [1.82, 2.24) is 0 Å². The molecule has 1 heterocycles. The zero-order valence-corrected chi connectivity index (χ0v) is 20.3. The Morgan fingerprint density at radius 1 is 0.882 bits per heavy atom. The number of amides is 2. The van der Waals surface area contributed by atoms with Crippen molar-refractivity contribution < 1.29 is 19.1 Å². The van der Waals surface area contributed by atoms with Gasteiger partial charge >= 0.3 is 5.97 Å². The van der Waals surface area contributed by atoms with Gasteiger partial charge in [-0.1, -0.05) is 46.9 Å². The Balaban J connectivity index is 1.50. The highest BCUT2D eigenvalue weighted by Gasteiger charge is 2.39. The summed E-state index contributed by atoms with van der Waals surface area (Å²) in [5, 5.41) is 3.06. The first-order valence-corrected chi connectivity index (χ1v) is 11.2. The van der Waals surface area contributed by atoms with Gasteiger partial charge in [0.15, 0.2) is 0 Å². The van der Waals surface area contributed by atoms with Crippen LogP contribution in [0.3, 0.4) is 0 Å². The number of benzene rings is 3. The SMILES string of the molecule is Cc1ccc(C)c(OC(=O)c2ccc(NC3=C(Cl)C(=O)N(c4ccc(Cl)cc4Cl)C3=O)cc2)c1. The fourth-order valence-electron chi connectivity index (χ4n) is 3.30. The van der Waals surface area contributed by atoms with Crippen LogP contribution in [0.4, 0.5) is 11.4 Å². The van der Waals surface area contributed by atoms with Crippen molar-refractivity contribution in [1.29, 1.82) is 0 Å². The molecule has 3 aromatic rings. The van der Waals surface area contributed by atoms with Crippen molar-refractivity contribution in [2.24, 2.45) is 0 Å². The van der Waals surface area contributed by atoms with Crippen LogP contribution in [0.15, 0.2) is 71.4 Å². The predicted octanol–water partition coefficient (Wildman–Crippen LogP) is 6.27. The first-order valence-electron chi connectivity index (χ1n) is 10.1. The minimum absolute atomic E-state index is 0.108. The van der Waals surface area contributed by atoms with Crippen LogP contribution < -0.4 is 15.0 Å². The summed E-state index contributed by atoms with van der Waals surface area (Å²) in [5.41, 5.74) is 2.64. The van der Waals surface area contributed by atoms with E-state index in [1.165, 1.54) is 18.2 Å². The molecule has 0 unspecified atom stereocenters. The quantitative estimate of drug-likeness (QED) is 0.246. The Kier molecular flexibility index (Phi) is 6.66. The number of halogens is 3. The molecule has 0 radical (unpaired) electrons. The number of nitrogens with zero attached hydrogens (tertiary/aromatic N) is 1. The van der Waals surface area contributed by atoms with Crippen molar-refractivity contribution in [2.75, 3.05) is 10.2 Å². The summed E-state index contributed by atoms with van der Waals surface area (Å²) in [6.45, 7) is 3.76. The van der Waals surface area contributed by atoms with E-state index in [9.17, 15) is 14.4 Å². The molecule has 0 fully saturated rings. The zero-order chi connectivity index (χ0) is 24.6. The molecule has 172 valence electrons. The lowest BCUT2D eigenvalue weighted by Crippen LogP contribution is -2.32. The van der Waals surface area contributed by atoms with Crippen LogP contribution in [0, 0.1) is 13.8 Å². The van der Waals surface area contributed by atoms with Gasteiger partial charge in [-0.25, -0.2) is 9.69 Å². The van der Waals surface area contributed by atoms with E-state index in [2.05, 4.69) is 5.32 Å². The van der Waals surface area contributed by atoms with E-state index in [4.69, 9.17) is 39.5 Å². The number of hydrogen-bond donors (Lipinski definition) is 1. The molecule has 0 spiro atoms. The Morgan fingerprint density at radius 2 is 1.59 bits per heavy atom. The van der Waals surface area contributed by atoms with Crippen molar-refractivity contribution in [3.8, 4) is 5.75 Å². The van der Waals surface area contributed by atoms with Gasteiger partial charge in [0.2, 0.25) is 0 Å². The Morgan fingerprint density at radius 3 is 2.26 bits per heavy atom. The molecule has 9 heteroatoms. The lowest BCUT2D eigenvalue weighted by Gasteiger charge is -2.16. The van der Waals surface area contributed by atoms with Crippen LogP contribution in [0.5, 0.6) is 5.75 Å². The van der Waals surface area contributed by atoms with Gasteiger partial charge in [0.25, 0.3) is 11.8 Å². The van der Waals surface area contributed by atoms with Crippen molar-refractivity contribution in [3.63, 3.8) is 0 Å². The minimum Gasteiger partial charge on any atom is -0.423 e. The summed E-state index contributed by atoms with van der Waals surface area (Å²) in [7, 11) is 0. The molecule has 1 aliphatic heterocycles. The highest BCUT2D eigenvalue weighted by atomic mass is 35.5. The summed E-state index contributed by atoms with van der Waals surface area (Å²) >= 11 is 18.2. The highest BCUT2D eigenvalue weighted by Crippen LogP contribution is 2.35. The van der Waals surface area contributed by atoms with Crippen LogP contribution in [0.25, 0.3) is 0 Å². The molecular weight excluding hydrogens is 499 g/mol. The third-order valence-electron chi connectivity index (χ3n) is 5.11. The average molecular weight is 516 g/mol. The summed E-state index contributed by atoms with van der Waals surface area (Å²) < 4.78 is 5.50. The Bertz CT molecular complexity index is 1370. The number of nitrogens with one attached hydrogen (secondary N) is 1. The van der Waals surface area contributed by atoms with E-state index in [1.54, 1.807) is 30.3 Å². The number of anilines is 2. The fraction of sp³-hybridized carbons (Fsp3) is 0.0800. The normalized spacial score (nSPS) is 13.5. The molecule has 2 amide bonds. The monoisotopic (exact) mass is 514 g/mol. The molecule has 34 heavy (non-hydrogen) atoms. The molecule has 4 rings (SSSR count). The van der Waals surface area contributed by atoms with Crippen LogP contribution in [0.2, 0.25) is 10.0 Å². The molecular formula is C25H17Cl3N2O4. The standard InChI is InChI=1S/C25H17Cl3N2O4/c1-13-3-4-14(2)20(11-13)34-25(33)15-5-8-17(9-6-15)29-22-21(28)23(31)30(24(22)32)19-10-7-16(26)12-18(19)27/h3-12,29H,1-2H3. The maximum Gasteiger partial charge on any atom is 0.343 e. The number of carbonyl (C=O) groups is 3. The smallest absolute Gasteiger partial charge is 0.343 e. The van der Waals surface area contributed by atoms with Gasteiger partial charge < -0.3 is 10.1 Å². The van der Waals surface area contributed by atoms with E-state index in [1.807, 2.05) is 26.0 Å². The third kappa shape index (κ3) is 4.66. The maximum atomic E-state index is 12.9. The predicted molar refractivity (Wildman–Crippen MR) is 133 cm³/mol. The third-order valence-corrected chi connectivity index (χ3v) is 6.00. The molecule has 0 aliphatic carbocycles. The van der Waals surface area contributed by atoms with Gasteiger partial charge in [-0.15, -0.1) is 0 Å². The van der Waals surface area contributed by atoms with Gasteiger partial charge in [0.05, 0.1) is 16.3 Å². The first-order chi connectivity index (χ1) is 16.2. The van der Waals surface area contributed by atoms with Gasteiger partial charge in [-0.05, 0) is 73.5 Å². The number of aryl methyl sites for hydroxylation is 2. The highest BCUT2D eigenvalue weighted by molar-refractivity contribution is 6.53. The van der Waals surface area contributed by atoms with Gasteiger partial charge in [-0.2, -0.15) is 0 Å². The van der Waals surface area contributed by atoms with Crippen molar-refractivity contribution >= 4 is 64.0 Å². The lowest BCUT2D eigenvalue weighted by molar-refractivity contribution is -0.120. The van der Waals surface area contributed by atoms with E-state index in [0.29, 0.717) is 22.0 Å². The molecule has 3 aromatic carbocycles. The molecule has 6 nitrogen and oxygen atoms in total. The summed E-state index contributed by atoms with van der Waals surface area (Å²) in [4.78, 5) is 39.0. The van der Waals surface area contributed by atoms with E-state index >= 15 is 0 Å². The fourth-order valence-corrected chi connectivity index (χ4v) is 4.01. The molecule has 1 N–H and O–H groups in total. The van der Waals surface area contributed by atoms with Crippen LogP contribution in [-0.2, 0) is 9.59 Å². The topological polar surface area (TPSA) is 75.7 Å². The second-order valence-corrected chi connectivity index (χ2v) is 8.81. The molecule has 0 aromatic heterocycles. The van der Waals surface area contributed by atoms with E-state index < -0.39 is 17.8 Å². The first kappa shape index (κ1) is 23.8. The van der Waals surface area contributed by atoms with Crippen LogP contribution in [-0.4, -0.2) is 17.8 Å². The molecule has 0 bridgehead atoms. The minimum atomic E-state index is -0.716. The van der Waals surface area contributed by atoms with Gasteiger partial charge in [0.1, 0.15) is 16.5 Å². The Hall–Kier alpha value is -3.32. The zero-order valence-electron chi connectivity index (χ0n) is 18.0. The second kappa shape index (κ2) is 9.50. The number of hydrogen-bond acceptors (Lipinski definition) is 5. The lowest BCUT2D eigenvalue weighted by atomic mass is 10.1. The van der Waals surface area contributed by atoms with Gasteiger partial charge in [0, 0.05) is 10.7 Å². The maximum absolute atomic E-state index is 12.9. The summed E-state index contributed by atoms with van der Waals surface area (Å²) in [6.07, 6.45) is 0. The van der Waals surface area contributed by atoms with Crippen LogP contribution in [0.1, 0.15) is 21.5 Å². The number of ether oxygens (including phenoxy) is 1. The van der Waals surface area contributed by atoms with Crippen molar-refractivity contribution in [3.05, 3.63) is 98.1 Å². The Labute approximate surface area is 210 Å². The largest absolute Gasteiger partial charge is 0.423 e.